The molecule has 0 aliphatic carbocycles. The Morgan fingerprint density at radius 1 is 0.750 bits per heavy atom. The second kappa shape index (κ2) is 19.3. The third-order valence-electron chi connectivity index (χ3n) is 1.62. The molecule has 0 atom stereocenters. The van der Waals surface area contributed by atoms with Crippen LogP contribution >= 0.6 is 0 Å². The second-order valence-corrected chi connectivity index (χ2v) is 2.21. The molecule has 0 unspecified atom stereocenters. The minimum atomic E-state index is 1.31. The predicted molar refractivity (Wildman–Crippen MR) is 79.9 cm³/mol. The number of benzene rings is 1. The molecule has 1 rings (SSSR count). The smallest absolute Gasteiger partial charge is 0.0230 e. The van der Waals surface area contributed by atoms with Crippen molar-refractivity contribution in [3.63, 3.8) is 0 Å². The van der Waals surface area contributed by atoms with Crippen molar-refractivity contribution in [2.45, 2.75) is 41.5 Å². The summed E-state index contributed by atoms with van der Waals surface area (Å²) in [4.78, 5) is 0. The van der Waals surface area contributed by atoms with Gasteiger partial charge in [-0.25, -0.2) is 0 Å². The summed E-state index contributed by atoms with van der Waals surface area (Å²) in [5.41, 5.74) is 0. The summed E-state index contributed by atoms with van der Waals surface area (Å²) < 4.78 is 0. The highest BCUT2D eigenvalue weighted by Crippen LogP contribution is 1.71. The zero-order chi connectivity index (χ0) is 13.4. The first-order chi connectivity index (χ1) is 7.88. The lowest BCUT2D eigenvalue weighted by Crippen LogP contribution is -2.22. The van der Waals surface area contributed by atoms with E-state index in [0.29, 0.717) is 0 Å². The molecule has 92 valence electrons. The zero-order valence-corrected chi connectivity index (χ0v) is 11.9. The van der Waals surface area contributed by atoms with Gasteiger partial charge in [-0.3, -0.25) is 0 Å². The molecule has 0 heteroatoms. The van der Waals surface area contributed by atoms with Gasteiger partial charge in [-0.1, -0.05) is 64.1 Å². The van der Waals surface area contributed by atoms with Crippen LogP contribution in [-0.2, 0) is 0 Å². The average molecular weight is 220 g/mol. The molecule has 0 saturated carbocycles. The van der Waals surface area contributed by atoms with Crippen LogP contribution in [0.15, 0.2) is 37.4 Å². The lowest BCUT2D eigenvalue weighted by atomic mass is 10.2. The van der Waals surface area contributed by atoms with Gasteiger partial charge in [-0.2, -0.15) is 0 Å². The van der Waals surface area contributed by atoms with Gasteiger partial charge < -0.3 is 0 Å². The van der Waals surface area contributed by atoms with Crippen LogP contribution in [0.3, 0.4) is 0 Å². The van der Waals surface area contributed by atoms with E-state index in [4.69, 9.17) is 0 Å². The Labute approximate surface area is 102 Å². The predicted octanol–water partition coefficient (Wildman–Crippen LogP) is 4.14. The van der Waals surface area contributed by atoms with Crippen LogP contribution in [0.2, 0.25) is 0 Å². The van der Waals surface area contributed by atoms with E-state index in [1.165, 1.54) is 10.4 Å². The Hall–Kier alpha value is -1.30. The summed E-state index contributed by atoms with van der Waals surface area (Å²) in [6.45, 7) is 18.1. The Morgan fingerprint density at radius 3 is 1.19 bits per heavy atom. The quantitative estimate of drug-likeness (QED) is 0.576. The topological polar surface area (TPSA) is 0 Å². The minimum absolute atomic E-state index is 1.31. The van der Waals surface area contributed by atoms with Gasteiger partial charge in [0.1, 0.15) is 0 Å². The van der Waals surface area contributed by atoms with Crippen molar-refractivity contribution in [1.29, 1.82) is 0 Å². The maximum atomic E-state index is 3.00. The van der Waals surface area contributed by atoms with Crippen molar-refractivity contribution in [2.75, 3.05) is 0 Å². The van der Waals surface area contributed by atoms with E-state index in [-0.39, 0.29) is 0 Å². The third-order valence-corrected chi connectivity index (χ3v) is 1.62. The van der Waals surface area contributed by atoms with Gasteiger partial charge in [0.25, 0.3) is 0 Å². The summed E-state index contributed by atoms with van der Waals surface area (Å²) in [5, 5.41) is 2.62. The molecule has 1 aromatic rings. The molecule has 0 saturated heterocycles. The highest BCUT2D eigenvalue weighted by atomic mass is 13.8. The number of rotatable bonds is 0. The first kappa shape index (κ1) is 20.2. The minimum Gasteiger partial charge on any atom is -0.106 e. The molecule has 0 amide bonds. The van der Waals surface area contributed by atoms with Crippen molar-refractivity contribution in [1.82, 2.24) is 0 Å². The van der Waals surface area contributed by atoms with Gasteiger partial charge in [0.2, 0.25) is 0 Å². The van der Waals surface area contributed by atoms with Crippen LogP contribution in [0.5, 0.6) is 0 Å². The number of hydrogen-bond acceptors (Lipinski definition) is 0. The van der Waals surface area contributed by atoms with Crippen molar-refractivity contribution < 1.29 is 0 Å². The van der Waals surface area contributed by atoms with Crippen LogP contribution in [0.1, 0.15) is 41.5 Å². The summed E-state index contributed by atoms with van der Waals surface area (Å²) in [7, 11) is 0. The lowest BCUT2D eigenvalue weighted by molar-refractivity contribution is 1.50. The largest absolute Gasteiger partial charge is 0.106 e. The van der Waals surface area contributed by atoms with Crippen LogP contribution in [0, 0.1) is 0 Å². The molecule has 1 aromatic carbocycles. The van der Waals surface area contributed by atoms with E-state index in [0.717, 1.165) is 0 Å². The normalized spacial score (nSPS) is 9.88. The van der Waals surface area contributed by atoms with Crippen LogP contribution in [0.4, 0.5) is 0 Å². The van der Waals surface area contributed by atoms with E-state index in [9.17, 15) is 0 Å². The molecule has 0 spiro atoms. The Kier molecular flexibility index (Phi) is 24.3. The first-order valence-electron chi connectivity index (χ1n) is 6.06. The van der Waals surface area contributed by atoms with E-state index < -0.39 is 0 Å². The Morgan fingerprint density at radius 2 is 1.00 bits per heavy atom. The average Bonchev–Trinajstić information content (AvgIpc) is 2.45. The molecule has 0 bridgehead atoms. The Bertz CT molecular complexity index is 287. The fourth-order valence-corrected chi connectivity index (χ4v) is 1.04. The van der Waals surface area contributed by atoms with Crippen LogP contribution in [0.25, 0.3) is 12.2 Å². The van der Waals surface area contributed by atoms with Crippen LogP contribution < -0.4 is 10.4 Å². The summed E-state index contributed by atoms with van der Waals surface area (Å²) >= 11 is 0. The molecule has 0 heterocycles. The molecule has 0 radical (unpaired) electrons. The first-order valence-corrected chi connectivity index (χ1v) is 6.06. The maximum Gasteiger partial charge on any atom is -0.0230 e. The van der Waals surface area contributed by atoms with Gasteiger partial charge in [0.05, 0.1) is 0 Å². The molecule has 0 aliphatic rings. The highest BCUT2D eigenvalue weighted by molar-refractivity contribution is 5.28. The van der Waals surface area contributed by atoms with Gasteiger partial charge in [-0.05, 0) is 24.3 Å². The van der Waals surface area contributed by atoms with E-state index >= 15 is 0 Å². The number of hydrogen-bond donors (Lipinski definition) is 0. The zero-order valence-electron chi connectivity index (χ0n) is 11.9. The summed E-state index contributed by atoms with van der Waals surface area (Å²) in [6, 6.07) is 8.36. The van der Waals surface area contributed by atoms with E-state index in [1.54, 1.807) is 0 Å². The molecule has 0 aromatic heterocycles. The standard InChI is InChI=1S/C10H12.2C2H6.C2H4/c1-3-9-7-5-6-8-10(9)4-2;3*1-2/h3-8H,1-2H3;2*1-2H3;1-2H2/b9-3-,10-4-;;;. The molecule has 0 N–H and O–H groups in total. The molecule has 0 nitrogen and oxygen atoms in total. The fraction of sp³-hybridized carbons (Fsp3) is 0.375. The third kappa shape index (κ3) is 9.26. The molecule has 16 heavy (non-hydrogen) atoms. The van der Waals surface area contributed by atoms with E-state index in [2.05, 4.69) is 63.4 Å². The van der Waals surface area contributed by atoms with Gasteiger partial charge in [-0.15, -0.1) is 13.2 Å². The van der Waals surface area contributed by atoms with Crippen LogP contribution in [-0.4, -0.2) is 0 Å². The SMILES string of the molecule is C/C=c1/cccc/c1=C/C.C=C.CC.CC. The molecular weight excluding hydrogens is 192 g/mol. The summed E-state index contributed by atoms with van der Waals surface area (Å²) in [6.07, 6.45) is 4.24. The van der Waals surface area contributed by atoms with E-state index in [1.807, 2.05) is 27.7 Å². The van der Waals surface area contributed by atoms with Crippen molar-refractivity contribution in [3.05, 3.63) is 47.9 Å². The maximum absolute atomic E-state index is 3.00. The monoisotopic (exact) mass is 220 g/mol. The van der Waals surface area contributed by atoms with Gasteiger partial charge in [0, 0.05) is 0 Å². The Balaban J connectivity index is -0.000000245. The van der Waals surface area contributed by atoms with Crippen molar-refractivity contribution >= 4 is 12.2 Å². The van der Waals surface area contributed by atoms with Crippen molar-refractivity contribution in [3.8, 4) is 0 Å². The highest BCUT2D eigenvalue weighted by Gasteiger charge is 1.77. The molecular formula is C16H28. The van der Waals surface area contributed by atoms with Gasteiger partial charge >= 0.3 is 0 Å². The van der Waals surface area contributed by atoms with Gasteiger partial charge in [0.15, 0.2) is 0 Å². The summed E-state index contributed by atoms with van der Waals surface area (Å²) in [5.74, 6) is 0. The fourth-order valence-electron chi connectivity index (χ4n) is 1.04. The van der Waals surface area contributed by atoms with Crippen molar-refractivity contribution in [2.24, 2.45) is 0 Å². The molecule has 0 fully saturated rings. The second-order valence-electron chi connectivity index (χ2n) is 2.21. The molecule has 0 aliphatic heterocycles. The lowest BCUT2D eigenvalue weighted by Gasteiger charge is -1.85.